The summed E-state index contributed by atoms with van der Waals surface area (Å²) in [4.78, 5) is 26.4. The molecule has 2 aliphatic heterocycles. The molecule has 4 rings (SSSR count). The average Bonchev–Trinajstić information content (AvgIpc) is 3.31. The summed E-state index contributed by atoms with van der Waals surface area (Å²) in [5, 5.41) is 3.02. The first-order valence-electron chi connectivity index (χ1n) is 9.99. The van der Waals surface area contributed by atoms with E-state index in [0.717, 1.165) is 70.2 Å². The quantitative estimate of drug-likeness (QED) is 0.882. The van der Waals surface area contributed by atoms with E-state index in [9.17, 15) is 9.59 Å². The van der Waals surface area contributed by atoms with Gasteiger partial charge in [0.05, 0.1) is 0 Å². The van der Waals surface area contributed by atoms with Crippen molar-refractivity contribution >= 4 is 11.8 Å². The summed E-state index contributed by atoms with van der Waals surface area (Å²) in [6, 6.07) is 8.41. The van der Waals surface area contributed by atoms with Gasteiger partial charge in [-0.05, 0) is 68.6 Å². The van der Waals surface area contributed by atoms with Crippen molar-refractivity contribution in [3.8, 4) is 0 Å². The zero-order chi connectivity index (χ0) is 17.9. The van der Waals surface area contributed by atoms with Gasteiger partial charge >= 0.3 is 0 Å². The van der Waals surface area contributed by atoms with Crippen molar-refractivity contribution in [2.45, 2.75) is 57.1 Å². The number of carbonyl (C=O) groups excluding carboxylic acids is 2. The Morgan fingerprint density at radius 2 is 1.77 bits per heavy atom. The molecular weight excluding hydrogens is 328 g/mol. The Kier molecular flexibility index (Phi) is 5.25. The molecule has 5 heteroatoms. The van der Waals surface area contributed by atoms with Crippen LogP contribution < -0.4 is 5.32 Å². The number of ether oxygens (including phenoxy) is 1. The minimum Gasteiger partial charge on any atom is -0.368 e. The highest BCUT2D eigenvalue weighted by Crippen LogP contribution is 2.24. The van der Waals surface area contributed by atoms with Crippen molar-refractivity contribution in [1.82, 2.24) is 10.2 Å². The molecule has 3 fully saturated rings. The predicted molar refractivity (Wildman–Crippen MR) is 98.9 cm³/mol. The second kappa shape index (κ2) is 7.78. The Bertz CT molecular complexity index is 640. The van der Waals surface area contributed by atoms with Crippen LogP contribution in [-0.4, -0.2) is 48.6 Å². The second-order valence-electron chi connectivity index (χ2n) is 7.92. The molecule has 2 heterocycles. The number of carbonyl (C=O) groups is 2. The van der Waals surface area contributed by atoms with E-state index in [1.54, 1.807) is 0 Å². The Morgan fingerprint density at radius 1 is 1.04 bits per heavy atom. The Morgan fingerprint density at radius 3 is 2.38 bits per heavy atom. The van der Waals surface area contributed by atoms with Crippen LogP contribution in [0.1, 0.15) is 54.4 Å². The monoisotopic (exact) mass is 356 g/mol. The number of nitrogens with zero attached hydrogens (tertiary/aromatic N) is 1. The highest BCUT2D eigenvalue weighted by atomic mass is 16.5. The van der Waals surface area contributed by atoms with Gasteiger partial charge < -0.3 is 15.0 Å². The number of hydrogen-bond donors (Lipinski definition) is 1. The van der Waals surface area contributed by atoms with Crippen molar-refractivity contribution in [1.29, 1.82) is 0 Å². The van der Waals surface area contributed by atoms with Gasteiger partial charge in [-0.15, -0.1) is 0 Å². The second-order valence-corrected chi connectivity index (χ2v) is 7.92. The van der Waals surface area contributed by atoms with Crippen molar-refractivity contribution in [3.05, 3.63) is 35.4 Å². The lowest BCUT2D eigenvalue weighted by Gasteiger charge is -2.33. The number of amides is 2. The van der Waals surface area contributed by atoms with Gasteiger partial charge in [-0.25, -0.2) is 0 Å². The van der Waals surface area contributed by atoms with Gasteiger partial charge in [0.1, 0.15) is 6.10 Å². The van der Waals surface area contributed by atoms with Gasteiger partial charge in [-0.1, -0.05) is 12.1 Å². The molecule has 0 spiro atoms. The van der Waals surface area contributed by atoms with Gasteiger partial charge in [0.25, 0.3) is 11.8 Å². The normalized spacial score (nSPS) is 23.8. The van der Waals surface area contributed by atoms with Crippen LogP contribution in [0.2, 0.25) is 0 Å². The summed E-state index contributed by atoms with van der Waals surface area (Å²) < 4.78 is 5.52. The Hall–Kier alpha value is -1.88. The number of likely N-dealkylation sites (tertiary alicyclic amines) is 1. The Balaban J connectivity index is 1.24. The Labute approximate surface area is 155 Å². The van der Waals surface area contributed by atoms with E-state index < -0.39 is 0 Å². The minimum atomic E-state index is -0.194. The summed E-state index contributed by atoms with van der Waals surface area (Å²) >= 11 is 0. The fourth-order valence-corrected chi connectivity index (χ4v) is 3.96. The molecule has 2 amide bonds. The average molecular weight is 356 g/mol. The van der Waals surface area contributed by atoms with Crippen molar-refractivity contribution in [3.63, 3.8) is 0 Å². The molecule has 0 bridgehead atoms. The van der Waals surface area contributed by atoms with Crippen LogP contribution >= 0.6 is 0 Å². The first kappa shape index (κ1) is 17.5. The summed E-state index contributed by atoms with van der Waals surface area (Å²) in [5.41, 5.74) is 2.02. The van der Waals surface area contributed by atoms with Gasteiger partial charge in [0.2, 0.25) is 0 Å². The molecule has 5 nitrogen and oxygen atoms in total. The maximum Gasteiger partial charge on any atom is 0.251 e. The molecular formula is C21H28N2O3. The van der Waals surface area contributed by atoms with E-state index in [-0.39, 0.29) is 17.9 Å². The first-order valence-corrected chi connectivity index (χ1v) is 9.99. The standard InChI is InChI=1S/C21H28N2O3/c24-20(22-18-7-8-18)17-5-3-15(4-6-17)14-16-9-11-23(12-10-16)21(25)19-2-1-13-26-19/h3-6,16,18-19H,1-2,7-14H2,(H,22,24). The molecule has 1 aromatic carbocycles. The van der Waals surface area contributed by atoms with Crippen LogP contribution in [0.5, 0.6) is 0 Å². The SMILES string of the molecule is O=C(NC1CC1)c1ccc(CC2CCN(C(=O)C3CCCO3)CC2)cc1. The van der Waals surface area contributed by atoms with Crippen LogP contribution in [0.3, 0.4) is 0 Å². The van der Waals surface area contributed by atoms with Gasteiger partial charge in [-0.3, -0.25) is 9.59 Å². The van der Waals surface area contributed by atoms with Crippen LogP contribution in [0.25, 0.3) is 0 Å². The highest BCUT2D eigenvalue weighted by Gasteiger charge is 2.30. The smallest absolute Gasteiger partial charge is 0.251 e. The number of rotatable bonds is 5. The van der Waals surface area contributed by atoms with Crippen LogP contribution in [0.4, 0.5) is 0 Å². The highest BCUT2D eigenvalue weighted by molar-refractivity contribution is 5.94. The first-order chi connectivity index (χ1) is 12.7. The molecule has 0 radical (unpaired) electrons. The fourth-order valence-electron chi connectivity index (χ4n) is 3.96. The molecule has 1 aromatic rings. The van der Waals surface area contributed by atoms with Gasteiger partial charge in [0.15, 0.2) is 0 Å². The number of nitrogens with one attached hydrogen (secondary N) is 1. The van der Waals surface area contributed by atoms with E-state index in [4.69, 9.17) is 4.74 Å². The van der Waals surface area contributed by atoms with E-state index in [0.29, 0.717) is 12.0 Å². The summed E-state index contributed by atoms with van der Waals surface area (Å²) in [6.45, 7) is 2.40. The van der Waals surface area contributed by atoms with E-state index in [1.165, 1.54) is 5.56 Å². The third-order valence-electron chi connectivity index (χ3n) is 5.78. The fraction of sp³-hybridized carbons (Fsp3) is 0.619. The van der Waals surface area contributed by atoms with Crippen molar-refractivity contribution in [2.24, 2.45) is 5.92 Å². The molecule has 1 atom stereocenters. The molecule has 1 saturated carbocycles. The minimum absolute atomic E-state index is 0.0417. The van der Waals surface area contributed by atoms with Crippen LogP contribution in [-0.2, 0) is 16.0 Å². The van der Waals surface area contributed by atoms with Crippen LogP contribution in [0, 0.1) is 5.92 Å². The van der Waals surface area contributed by atoms with E-state index in [2.05, 4.69) is 17.4 Å². The van der Waals surface area contributed by atoms with E-state index >= 15 is 0 Å². The number of hydrogen-bond acceptors (Lipinski definition) is 3. The third-order valence-corrected chi connectivity index (χ3v) is 5.78. The molecule has 1 aliphatic carbocycles. The lowest BCUT2D eigenvalue weighted by molar-refractivity contribution is -0.142. The lowest BCUT2D eigenvalue weighted by atomic mass is 9.89. The molecule has 26 heavy (non-hydrogen) atoms. The molecule has 1 N–H and O–H groups in total. The summed E-state index contributed by atoms with van der Waals surface area (Å²) in [5.74, 6) is 0.835. The van der Waals surface area contributed by atoms with E-state index in [1.807, 2.05) is 17.0 Å². The third kappa shape index (κ3) is 4.26. The molecule has 140 valence electrons. The molecule has 1 unspecified atom stereocenters. The molecule has 2 saturated heterocycles. The summed E-state index contributed by atoms with van der Waals surface area (Å²) in [7, 11) is 0. The maximum absolute atomic E-state index is 12.4. The van der Waals surface area contributed by atoms with Gasteiger partial charge in [0, 0.05) is 31.3 Å². The zero-order valence-electron chi connectivity index (χ0n) is 15.3. The predicted octanol–water partition coefficient (Wildman–Crippen LogP) is 2.54. The maximum atomic E-state index is 12.4. The number of benzene rings is 1. The lowest BCUT2D eigenvalue weighted by Crippen LogP contribution is -2.44. The number of piperidine rings is 1. The molecule has 0 aromatic heterocycles. The largest absolute Gasteiger partial charge is 0.368 e. The molecule has 3 aliphatic rings. The summed E-state index contributed by atoms with van der Waals surface area (Å²) in [6.07, 6.45) is 7.01. The van der Waals surface area contributed by atoms with Crippen LogP contribution in [0.15, 0.2) is 24.3 Å². The van der Waals surface area contributed by atoms with Crippen molar-refractivity contribution in [2.75, 3.05) is 19.7 Å². The topological polar surface area (TPSA) is 58.6 Å². The zero-order valence-corrected chi connectivity index (χ0v) is 15.3. The van der Waals surface area contributed by atoms with Crippen molar-refractivity contribution < 1.29 is 14.3 Å². The van der Waals surface area contributed by atoms with Gasteiger partial charge in [-0.2, -0.15) is 0 Å².